The third-order valence-corrected chi connectivity index (χ3v) is 3.18. The van der Waals surface area contributed by atoms with Crippen LogP contribution in [0.5, 0.6) is 5.75 Å². The molecule has 0 fully saturated rings. The fourth-order valence-corrected chi connectivity index (χ4v) is 1.89. The summed E-state index contributed by atoms with van der Waals surface area (Å²) in [5.41, 5.74) is 0. The average Bonchev–Trinajstić information content (AvgIpc) is 2.55. The van der Waals surface area contributed by atoms with Gasteiger partial charge in [0.25, 0.3) is 0 Å². The zero-order valence-electron chi connectivity index (χ0n) is 14.5. The Kier molecular flexibility index (Phi) is 13.9. The second-order valence-corrected chi connectivity index (χ2v) is 5.02. The predicted octanol–water partition coefficient (Wildman–Crippen LogP) is 3.01. The summed E-state index contributed by atoms with van der Waals surface area (Å²) in [6.07, 6.45) is 2.28. The minimum Gasteiger partial charge on any atom is -0.492 e. The third-order valence-electron chi connectivity index (χ3n) is 3.18. The lowest BCUT2D eigenvalue weighted by atomic mass is 10.3. The van der Waals surface area contributed by atoms with Gasteiger partial charge in [-0.3, -0.25) is 4.99 Å². The zero-order chi connectivity index (χ0) is 16.0. The van der Waals surface area contributed by atoms with Crippen molar-refractivity contribution in [2.45, 2.75) is 19.8 Å². The van der Waals surface area contributed by atoms with Gasteiger partial charge in [0.1, 0.15) is 12.4 Å². The fourth-order valence-electron chi connectivity index (χ4n) is 1.89. The second kappa shape index (κ2) is 14.6. The summed E-state index contributed by atoms with van der Waals surface area (Å²) in [4.78, 5) is 6.32. The lowest BCUT2D eigenvalue weighted by Gasteiger charge is -2.22. The first-order chi connectivity index (χ1) is 10.8. The van der Waals surface area contributed by atoms with E-state index in [0.717, 1.165) is 37.8 Å². The lowest BCUT2D eigenvalue weighted by Crippen LogP contribution is -2.42. The van der Waals surface area contributed by atoms with Gasteiger partial charge in [0.05, 0.1) is 13.2 Å². The van der Waals surface area contributed by atoms with E-state index in [1.165, 1.54) is 6.42 Å². The molecule has 132 valence electrons. The van der Waals surface area contributed by atoms with Crippen molar-refractivity contribution in [1.82, 2.24) is 10.2 Å². The number of unbranched alkanes of at least 4 members (excludes halogenated alkanes) is 1. The van der Waals surface area contributed by atoms with Crippen molar-refractivity contribution >= 4 is 29.9 Å². The van der Waals surface area contributed by atoms with E-state index in [-0.39, 0.29) is 24.0 Å². The van der Waals surface area contributed by atoms with Gasteiger partial charge in [-0.1, -0.05) is 31.5 Å². The zero-order valence-corrected chi connectivity index (χ0v) is 16.8. The molecule has 0 bridgehead atoms. The highest BCUT2D eigenvalue weighted by atomic mass is 127. The van der Waals surface area contributed by atoms with E-state index in [1.54, 1.807) is 7.05 Å². The highest BCUT2D eigenvalue weighted by Gasteiger charge is 2.05. The topological polar surface area (TPSA) is 46.1 Å². The maximum absolute atomic E-state index is 5.69. The number of para-hydroxylation sites is 1. The summed E-state index contributed by atoms with van der Waals surface area (Å²) in [5.74, 6) is 1.75. The maximum Gasteiger partial charge on any atom is 0.193 e. The summed E-state index contributed by atoms with van der Waals surface area (Å²) in [6.45, 7) is 5.85. The van der Waals surface area contributed by atoms with Crippen LogP contribution in [0.1, 0.15) is 19.8 Å². The van der Waals surface area contributed by atoms with Crippen LogP contribution in [-0.4, -0.2) is 57.9 Å². The molecule has 0 radical (unpaired) electrons. The highest BCUT2D eigenvalue weighted by molar-refractivity contribution is 14.0. The molecule has 0 saturated heterocycles. The van der Waals surface area contributed by atoms with E-state index >= 15 is 0 Å². The number of rotatable bonds is 10. The van der Waals surface area contributed by atoms with Crippen LogP contribution in [-0.2, 0) is 4.74 Å². The maximum atomic E-state index is 5.69. The molecule has 0 aliphatic heterocycles. The van der Waals surface area contributed by atoms with Gasteiger partial charge in [-0.05, 0) is 18.6 Å². The van der Waals surface area contributed by atoms with Crippen molar-refractivity contribution in [1.29, 1.82) is 0 Å². The molecule has 1 aromatic carbocycles. The van der Waals surface area contributed by atoms with Crippen LogP contribution in [0.4, 0.5) is 0 Å². The van der Waals surface area contributed by atoms with E-state index in [2.05, 4.69) is 22.1 Å². The van der Waals surface area contributed by atoms with Crippen molar-refractivity contribution < 1.29 is 9.47 Å². The largest absolute Gasteiger partial charge is 0.492 e. The minimum absolute atomic E-state index is 0. The van der Waals surface area contributed by atoms with Gasteiger partial charge in [-0.2, -0.15) is 0 Å². The first-order valence-corrected chi connectivity index (χ1v) is 7.95. The summed E-state index contributed by atoms with van der Waals surface area (Å²) in [6, 6.07) is 9.84. The van der Waals surface area contributed by atoms with Gasteiger partial charge in [-0.15, -0.1) is 24.0 Å². The Morgan fingerprint density at radius 1 is 1.17 bits per heavy atom. The van der Waals surface area contributed by atoms with Gasteiger partial charge in [0.2, 0.25) is 0 Å². The Labute approximate surface area is 157 Å². The molecule has 0 aliphatic rings. The van der Waals surface area contributed by atoms with E-state index in [0.29, 0.717) is 13.2 Å². The number of hydrogen-bond acceptors (Lipinski definition) is 3. The first kappa shape index (κ1) is 22.0. The Bertz CT molecular complexity index is 416. The summed E-state index contributed by atoms with van der Waals surface area (Å²) in [7, 11) is 3.79. The molecule has 0 amide bonds. The number of ether oxygens (including phenoxy) is 2. The second-order valence-electron chi connectivity index (χ2n) is 5.02. The SMILES string of the molecule is CCCCOCCNC(=NC)N(C)CCOc1ccccc1.I. The molecule has 1 rings (SSSR count). The molecule has 0 aromatic heterocycles. The van der Waals surface area contributed by atoms with Crippen molar-refractivity contribution in [3.63, 3.8) is 0 Å². The Morgan fingerprint density at radius 3 is 2.57 bits per heavy atom. The average molecular weight is 435 g/mol. The third kappa shape index (κ3) is 10.4. The van der Waals surface area contributed by atoms with Gasteiger partial charge in [0, 0.05) is 27.2 Å². The van der Waals surface area contributed by atoms with Crippen LogP contribution in [0.15, 0.2) is 35.3 Å². The number of guanidine groups is 1. The lowest BCUT2D eigenvalue weighted by molar-refractivity contribution is 0.135. The van der Waals surface area contributed by atoms with E-state index < -0.39 is 0 Å². The highest BCUT2D eigenvalue weighted by Crippen LogP contribution is 2.07. The molecule has 0 atom stereocenters. The molecular formula is C17H30IN3O2. The molecule has 0 heterocycles. The van der Waals surface area contributed by atoms with Crippen molar-refractivity contribution in [3.05, 3.63) is 30.3 Å². The van der Waals surface area contributed by atoms with Gasteiger partial charge in [-0.25, -0.2) is 0 Å². The number of nitrogens with zero attached hydrogens (tertiary/aromatic N) is 2. The van der Waals surface area contributed by atoms with Crippen molar-refractivity contribution in [3.8, 4) is 5.75 Å². The van der Waals surface area contributed by atoms with Crippen LogP contribution in [0, 0.1) is 0 Å². The number of nitrogens with one attached hydrogen (secondary N) is 1. The van der Waals surface area contributed by atoms with Gasteiger partial charge >= 0.3 is 0 Å². The molecule has 1 N–H and O–H groups in total. The molecule has 0 unspecified atom stereocenters. The summed E-state index contributed by atoms with van der Waals surface area (Å²) >= 11 is 0. The van der Waals surface area contributed by atoms with E-state index in [9.17, 15) is 0 Å². The van der Waals surface area contributed by atoms with Crippen molar-refractivity contribution in [2.75, 3.05) is 47.0 Å². The van der Waals surface area contributed by atoms with Crippen LogP contribution in [0.25, 0.3) is 0 Å². The summed E-state index contributed by atoms with van der Waals surface area (Å²) in [5, 5.41) is 3.29. The Morgan fingerprint density at radius 2 is 1.91 bits per heavy atom. The molecule has 1 aromatic rings. The minimum atomic E-state index is 0. The van der Waals surface area contributed by atoms with E-state index in [1.807, 2.05) is 37.4 Å². The molecule has 23 heavy (non-hydrogen) atoms. The molecule has 0 saturated carbocycles. The number of aliphatic imine (C=N–C) groups is 1. The monoisotopic (exact) mass is 435 g/mol. The molecular weight excluding hydrogens is 405 g/mol. The molecule has 5 nitrogen and oxygen atoms in total. The number of likely N-dealkylation sites (N-methyl/N-ethyl adjacent to an activating group) is 1. The quantitative estimate of drug-likeness (QED) is 0.266. The van der Waals surface area contributed by atoms with Crippen LogP contribution >= 0.6 is 24.0 Å². The predicted molar refractivity (Wildman–Crippen MR) is 107 cm³/mol. The first-order valence-electron chi connectivity index (χ1n) is 7.95. The fraction of sp³-hybridized carbons (Fsp3) is 0.588. The Hall–Kier alpha value is -1.02. The van der Waals surface area contributed by atoms with Crippen LogP contribution < -0.4 is 10.1 Å². The van der Waals surface area contributed by atoms with Gasteiger partial charge < -0.3 is 19.7 Å². The smallest absolute Gasteiger partial charge is 0.193 e. The number of benzene rings is 1. The molecule has 0 spiro atoms. The number of halogens is 1. The number of hydrogen-bond donors (Lipinski definition) is 1. The summed E-state index contributed by atoms with van der Waals surface area (Å²) < 4.78 is 11.2. The van der Waals surface area contributed by atoms with Crippen LogP contribution in [0.2, 0.25) is 0 Å². The molecule has 0 aliphatic carbocycles. The van der Waals surface area contributed by atoms with E-state index in [4.69, 9.17) is 9.47 Å². The molecule has 6 heteroatoms. The van der Waals surface area contributed by atoms with Gasteiger partial charge in [0.15, 0.2) is 5.96 Å². The Balaban J connectivity index is 0.00000484. The van der Waals surface area contributed by atoms with Crippen molar-refractivity contribution in [2.24, 2.45) is 4.99 Å². The van der Waals surface area contributed by atoms with Crippen LogP contribution in [0.3, 0.4) is 0 Å². The standard InChI is InChI=1S/C17H29N3O2.HI/c1-4-5-13-21-14-11-19-17(18-2)20(3)12-15-22-16-9-7-6-8-10-16;/h6-10H,4-5,11-15H2,1-3H3,(H,18,19);1H. The normalized spacial score (nSPS) is 10.8.